The van der Waals surface area contributed by atoms with Crippen LogP contribution < -0.4 is 4.90 Å². The summed E-state index contributed by atoms with van der Waals surface area (Å²) in [7, 11) is 0. The van der Waals surface area contributed by atoms with E-state index in [1.54, 1.807) is 19.9 Å². The molecular weight excluding hydrogens is 372 g/mol. The number of carbonyl (C=O) groups is 1. The van der Waals surface area contributed by atoms with Crippen molar-refractivity contribution in [2.75, 3.05) is 4.90 Å². The van der Waals surface area contributed by atoms with Crippen LogP contribution in [0.25, 0.3) is 0 Å². The van der Waals surface area contributed by atoms with E-state index in [2.05, 4.69) is 9.97 Å². The van der Waals surface area contributed by atoms with Crippen molar-refractivity contribution in [2.24, 2.45) is 0 Å². The average Bonchev–Trinajstić information content (AvgIpc) is 2.61. The fourth-order valence-corrected chi connectivity index (χ4v) is 2.77. The van der Waals surface area contributed by atoms with Crippen LogP contribution in [0.1, 0.15) is 28.7 Å². The van der Waals surface area contributed by atoms with Gasteiger partial charge in [0.05, 0.1) is 11.9 Å². The first-order valence-corrected chi connectivity index (χ1v) is 8.26. The minimum atomic E-state index is -1.18. The number of allylic oxidation sites excluding steroid dienone is 2. The SMILES string of the molecule is CC1=CC(OCc2ncc(F)cc2F)=CC(O)N1c1cc(C(=O)O)ncc1C. The minimum Gasteiger partial charge on any atom is -0.487 e. The first kappa shape index (κ1) is 19.4. The van der Waals surface area contributed by atoms with Gasteiger partial charge in [-0.1, -0.05) is 0 Å². The summed E-state index contributed by atoms with van der Waals surface area (Å²) < 4.78 is 32.0. The van der Waals surface area contributed by atoms with E-state index in [-0.39, 0.29) is 23.8 Å². The van der Waals surface area contributed by atoms with Crippen LogP contribution in [0.3, 0.4) is 0 Å². The molecule has 1 aliphatic heterocycles. The Morgan fingerprint density at radius 2 is 2.00 bits per heavy atom. The number of aryl methyl sites for hydroxylation is 1. The molecule has 7 nitrogen and oxygen atoms in total. The summed E-state index contributed by atoms with van der Waals surface area (Å²) >= 11 is 0. The zero-order valence-electron chi connectivity index (χ0n) is 15.1. The predicted molar refractivity (Wildman–Crippen MR) is 95.2 cm³/mol. The second kappa shape index (κ2) is 7.73. The highest BCUT2D eigenvalue weighted by Gasteiger charge is 2.24. The van der Waals surface area contributed by atoms with Gasteiger partial charge >= 0.3 is 5.97 Å². The number of aromatic nitrogens is 2. The van der Waals surface area contributed by atoms with Crippen molar-refractivity contribution < 1.29 is 28.5 Å². The largest absolute Gasteiger partial charge is 0.487 e. The van der Waals surface area contributed by atoms with Gasteiger partial charge in [0.25, 0.3) is 0 Å². The molecule has 0 radical (unpaired) electrons. The van der Waals surface area contributed by atoms with Crippen LogP contribution in [0.2, 0.25) is 0 Å². The molecule has 0 aromatic carbocycles. The quantitative estimate of drug-likeness (QED) is 0.812. The van der Waals surface area contributed by atoms with E-state index in [0.717, 1.165) is 6.20 Å². The monoisotopic (exact) mass is 389 g/mol. The van der Waals surface area contributed by atoms with E-state index < -0.39 is 23.8 Å². The van der Waals surface area contributed by atoms with Crippen LogP contribution in [0.15, 0.2) is 48.1 Å². The van der Waals surface area contributed by atoms with Gasteiger partial charge in [-0.3, -0.25) is 4.98 Å². The van der Waals surface area contributed by atoms with Crippen LogP contribution in [-0.2, 0) is 11.3 Å². The molecule has 2 N–H and O–H groups in total. The van der Waals surface area contributed by atoms with Crippen LogP contribution >= 0.6 is 0 Å². The first-order chi connectivity index (χ1) is 13.3. The summed E-state index contributed by atoms with van der Waals surface area (Å²) in [6, 6.07) is 2.08. The third kappa shape index (κ3) is 3.99. The highest BCUT2D eigenvalue weighted by Crippen LogP contribution is 2.30. The Morgan fingerprint density at radius 3 is 2.64 bits per heavy atom. The first-order valence-electron chi connectivity index (χ1n) is 8.26. The van der Waals surface area contributed by atoms with E-state index in [1.165, 1.54) is 23.2 Å². The maximum Gasteiger partial charge on any atom is 0.354 e. The molecule has 0 bridgehead atoms. The van der Waals surface area contributed by atoms with E-state index >= 15 is 0 Å². The zero-order valence-corrected chi connectivity index (χ0v) is 15.1. The lowest BCUT2D eigenvalue weighted by molar-refractivity contribution is 0.0690. The molecule has 0 spiro atoms. The summed E-state index contributed by atoms with van der Waals surface area (Å²) in [4.78, 5) is 20.2. The van der Waals surface area contributed by atoms with Gasteiger partial charge in [0.15, 0.2) is 12.0 Å². The molecule has 0 amide bonds. The van der Waals surface area contributed by atoms with Crippen molar-refractivity contribution >= 4 is 11.7 Å². The molecule has 0 fully saturated rings. The van der Waals surface area contributed by atoms with E-state index in [0.29, 0.717) is 23.0 Å². The standard InChI is InChI=1S/C19H17F2N3O4/c1-10-7-22-15(19(26)27)6-17(10)24-11(2)3-13(5-18(24)25)28-9-16-14(21)4-12(20)8-23-16/h3-8,18,25H,9H2,1-2H3,(H,26,27). The number of carboxylic acid groups (broad SMARTS) is 1. The smallest absolute Gasteiger partial charge is 0.354 e. The van der Waals surface area contributed by atoms with Gasteiger partial charge in [0.2, 0.25) is 0 Å². The Bertz CT molecular complexity index is 991. The van der Waals surface area contributed by atoms with Crippen LogP contribution in [0.5, 0.6) is 0 Å². The third-order valence-corrected chi connectivity index (χ3v) is 4.12. The Labute approximate surface area is 159 Å². The van der Waals surface area contributed by atoms with Gasteiger partial charge < -0.3 is 19.8 Å². The van der Waals surface area contributed by atoms with Crippen LogP contribution in [0.4, 0.5) is 14.5 Å². The van der Waals surface area contributed by atoms with Crippen molar-refractivity contribution in [3.63, 3.8) is 0 Å². The maximum atomic E-state index is 13.7. The number of hydrogen-bond donors (Lipinski definition) is 2. The number of hydrogen-bond acceptors (Lipinski definition) is 6. The van der Waals surface area contributed by atoms with Gasteiger partial charge in [-0.25, -0.2) is 18.6 Å². The molecule has 2 aromatic heterocycles. The average molecular weight is 389 g/mol. The fraction of sp³-hybridized carbons (Fsp3) is 0.211. The molecular formula is C19H17F2N3O4. The Kier molecular flexibility index (Phi) is 5.36. The van der Waals surface area contributed by atoms with Crippen molar-refractivity contribution in [1.29, 1.82) is 0 Å². The number of rotatable bonds is 5. The Balaban J connectivity index is 1.80. The summed E-state index contributed by atoms with van der Waals surface area (Å²) in [5.74, 6) is -2.51. The summed E-state index contributed by atoms with van der Waals surface area (Å²) in [6.45, 7) is 3.20. The van der Waals surface area contributed by atoms with Crippen LogP contribution in [0, 0.1) is 18.6 Å². The second-order valence-corrected chi connectivity index (χ2v) is 6.17. The minimum absolute atomic E-state index is 0.0682. The van der Waals surface area contributed by atoms with Gasteiger partial charge in [0, 0.05) is 24.0 Å². The Morgan fingerprint density at radius 1 is 1.25 bits per heavy atom. The number of ether oxygens (including phenoxy) is 1. The van der Waals surface area contributed by atoms with Crippen molar-refractivity contribution in [3.05, 3.63) is 76.7 Å². The maximum absolute atomic E-state index is 13.7. The van der Waals surface area contributed by atoms with Gasteiger partial charge in [-0.2, -0.15) is 0 Å². The summed E-state index contributed by atoms with van der Waals surface area (Å²) in [6.07, 6.45) is 4.15. The number of anilines is 1. The summed E-state index contributed by atoms with van der Waals surface area (Å²) in [5, 5.41) is 19.7. The fourth-order valence-electron chi connectivity index (χ4n) is 2.77. The van der Waals surface area contributed by atoms with Crippen molar-refractivity contribution in [1.82, 2.24) is 9.97 Å². The lowest BCUT2D eigenvalue weighted by Crippen LogP contribution is -2.35. The molecule has 28 heavy (non-hydrogen) atoms. The number of halogens is 2. The second-order valence-electron chi connectivity index (χ2n) is 6.17. The lowest BCUT2D eigenvalue weighted by Gasteiger charge is -2.33. The molecule has 0 saturated heterocycles. The van der Waals surface area contributed by atoms with Gasteiger partial charge in [-0.05, 0) is 31.6 Å². The van der Waals surface area contributed by atoms with Crippen molar-refractivity contribution in [3.8, 4) is 0 Å². The number of pyridine rings is 2. The van der Waals surface area contributed by atoms with E-state index in [1.807, 2.05) is 0 Å². The molecule has 3 rings (SSSR count). The van der Waals surface area contributed by atoms with Gasteiger partial charge in [-0.15, -0.1) is 0 Å². The number of nitrogens with zero attached hydrogens (tertiary/aromatic N) is 3. The molecule has 9 heteroatoms. The Hall–Kier alpha value is -3.33. The molecule has 1 unspecified atom stereocenters. The zero-order chi connectivity index (χ0) is 20.4. The predicted octanol–water partition coefficient (Wildman–Crippen LogP) is 2.90. The molecule has 2 aromatic rings. The molecule has 3 heterocycles. The third-order valence-electron chi connectivity index (χ3n) is 4.12. The molecule has 0 aliphatic carbocycles. The lowest BCUT2D eigenvalue weighted by atomic mass is 10.1. The molecule has 1 atom stereocenters. The number of aliphatic hydroxyl groups excluding tert-OH is 1. The van der Waals surface area contributed by atoms with Crippen molar-refractivity contribution in [2.45, 2.75) is 26.7 Å². The normalized spacial score (nSPS) is 16.5. The van der Waals surface area contributed by atoms with E-state index in [4.69, 9.17) is 9.84 Å². The number of aromatic carboxylic acids is 1. The highest BCUT2D eigenvalue weighted by molar-refractivity contribution is 5.87. The van der Waals surface area contributed by atoms with E-state index in [9.17, 15) is 18.7 Å². The van der Waals surface area contributed by atoms with Gasteiger partial charge in [0.1, 0.15) is 29.6 Å². The highest BCUT2D eigenvalue weighted by atomic mass is 19.1. The molecule has 146 valence electrons. The summed E-state index contributed by atoms with van der Waals surface area (Å²) in [5.41, 5.74) is 1.51. The topological polar surface area (TPSA) is 95.8 Å². The molecule has 1 aliphatic rings. The molecule has 0 saturated carbocycles. The number of aliphatic hydroxyl groups is 1. The number of carboxylic acids is 1. The van der Waals surface area contributed by atoms with Crippen LogP contribution in [-0.4, -0.2) is 32.4 Å².